The molecule has 1 aromatic heterocycles. The number of methoxy groups -OCH3 is 1. The SMILES string of the molecule is C#CC(C)Oc1nc(N)nc(OC)n1. The third kappa shape index (κ3) is 2.48. The van der Waals surface area contributed by atoms with Gasteiger partial charge in [-0.3, -0.25) is 0 Å². The second-order valence-corrected chi connectivity index (χ2v) is 2.39. The summed E-state index contributed by atoms with van der Waals surface area (Å²) in [6.07, 6.45) is 4.69. The van der Waals surface area contributed by atoms with Crippen LogP contribution in [-0.2, 0) is 0 Å². The molecule has 6 nitrogen and oxygen atoms in total. The summed E-state index contributed by atoms with van der Waals surface area (Å²) in [5, 5.41) is 0. The fourth-order valence-electron chi connectivity index (χ4n) is 0.689. The molecule has 1 rings (SSSR count). The molecule has 0 bridgehead atoms. The minimum absolute atomic E-state index is 0.0241. The van der Waals surface area contributed by atoms with Crippen LogP contribution in [0.4, 0.5) is 5.95 Å². The van der Waals surface area contributed by atoms with Gasteiger partial charge in [-0.1, -0.05) is 5.92 Å². The molecule has 0 aromatic carbocycles. The molecule has 0 spiro atoms. The van der Waals surface area contributed by atoms with Crippen LogP contribution in [0.15, 0.2) is 0 Å². The van der Waals surface area contributed by atoms with Gasteiger partial charge in [0.1, 0.15) is 0 Å². The van der Waals surface area contributed by atoms with Crippen molar-refractivity contribution < 1.29 is 9.47 Å². The molecule has 0 aliphatic rings. The van der Waals surface area contributed by atoms with Crippen LogP contribution in [0.25, 0.3) is 0 Å². The van der Waals surface area contributed by atoms with Crippen LogP contribution in [0.3, 0.4) is 0 Å². The largest absolute Gasteiger partial charge is 0.467 e. The van der Waals surface area contributed by atoms with E-state index in [0.717, 1.165) is 0 Å². The highest BCUT2D eigenvalue weighted by atomic mass is 16.5. The predicted molar refractivity (Wildman–Crippen MR) is 49.7 cm³/mol. The third-order valence-electron chi connectivity index (χ3n) is 1.31. The zero-order chi connectivity index (χ0) is 10.6. The molecule has 0 aliphatic heterocycles. The van der Waals surface area contributed by atoms with E-state index >= 15 is 0 Å². The van der Waals surface area contributed by atoms with Crippen LogP contribution >= 0.6 is 0 Å². The van der Waals surface area contributed by atoms with Crippen molar-refractivity contribution in [1.29, 1.82) is 0 Å². The Hall–Kier alpha value is -2.03. The van der Waals surface area contributed by atoms with Gasteiger partial charge in [-0.2, -0.15) is 9.97 Å². The summed E-state index contributed by atoms with van der Waals surface area (Å²) >= 11 is 0. The standard InChI is InChI=1S/C8H10N4O2/c1-4-5(2)14-8-11-6(9)10-7(12-8)13-3/h1,5H,2-3H3,(H2,9,10,11,12). The van der Waals surface area contributed by atoms with Crippen molar-refractivity contribution in [2.75, 3.05) is 12.8 Å². The zero-order valence-electron chi connectivity index (χ0n) is 7.89. The molecular weight excluding hydrogens is 184 g/mol. The first-order valence-electron chi connectivity index (χ1n) is 3.84. The van der Waals surface area contributed by atoms with Crippen LogP contribution < -0.4 is 15.2 Å². The molecule has 0 saturated carbocycles. The Morgan fingerprint density at radius 3 is 2.57 bits per heavy atom. The lowest BCUT2D eigenvalue weighted by Crippen LogP contribution is -2.12. The van der Waals surface area contributed by atoms with E-state index in [-0.39, 0.29) is 18.0 Å². The van der Waals surface area contributed by atoms with E-state index < -0.39 is 6.10 Å². The number of rotatable bonds is 3. The molecule has 1 heterocycles. The molecule has 6 heteroatoms. The Morgan fingerprint density at radius 1 is 1.36 bits per heavy atom. The predicted octanol–water partition coefficient (Wildman–Crippen LogP) is -0.137. The van der Waals surface area contributed by atoms with Crippen LogP contribution in [-0.4, -0.2) is 28.2 Å². The van der Waals surface area contributed by atoms with Crippen LogP contribution in [0.1, 0.15) is 6.92 Å². The maximum Gasteiger partial charge on any atom is 0.325 e. The first-order valence-corrected chi connectivity index (χ1v) is 3.84. The summed E-state index contributed by atoms with van der Waals surface area (Å²) in [6, 6.07) is 0.150. The minimum atomic E-state index is -0.429. The van der Waals surface area contributed by atoms with Gasteiger partial charge >= 0.3 is 12.0 Å². The fraction of sp³-hybridized carbons (Fsp3) is 0.375. The lowest BCUT2D eigenvalue weighted by atomic mass is 10.4. The molecule has 0 aliphatic carbocycles. The summed E-state index contributed by atoms with van der Waals surface area (Å²) in [7, 11) is 1.42. The van der Waals surface area contributed by atoms with E-state index in [2.05, 4.69) is 20.9 Å². The van der Waals surface area contributed by atoms with Crippen molar-refractivity contribution in [3.05, 3.63) is 0 Å². The molecule has 2 N–H and O–H groups in total. The average molecular weight is 194 g/mol. The van der Waals surface area contributed by atoms with Gasteiger partial charge in [0.05, 0.1) is 7.11 Å². The van der Waals surface area contributed by atoms with Gasteiger partial charge in [0, 0.05) is 0 Å². The van der Waals surface area contributed by atoms with Crippen molar-refractivity contribution in [3.8, 4) is 24.4 Å². The minimum Gasteiger partial charge on any atom is -0.467 e. The lowest BCUT2D eigenvalue weighted by Gasteiger charge is -2.07. The Labute approximate surface area is 81.5 Å². The molecule has 0 fully saturated rings. The van der Waals surface area contributed by atoms with E-state index in [0.29, 0.717) is 0 Å². The molecular formula is C8H10N4O2. The van der Waals surface area contributed by atoms with Gasteiger partial charge in [0.2, 0.25) is 5.95 Å². The van der Waals surface area contributed by atoms with Crippen molar-refractivity contribution in [1.82, 2.24) is 15.0 Å². The Bertz CT molecular complexity index is 361. The number of nitrogen functional groups attached to an aromatic ring is 1. The first-order chi connectivity index (χ1) is 6.65. The fourth-order valence-corrected chi connectivity index (χ4v) is 0.689. The molecule has 0 radical (unpaired) electrons. The number of nitrogens with zero attached hydrogens (tertiary/aromatic N) is 3. The number of hydrogen-bond donors (Lipinski definition) is 1. The smallest absolute Gasteiger partial charge is 0.325 e. The highest BCUT2D eigenvalue weighted by molar-refractivity contribution is 5.20. The number of nitrogens with two attached hydrogens (primary N) is 1. The molecule has 1 aromatic rings. The number of anilines is 1. The van der Waals surface area contributed by atoms with Gasteiger partial charge in [0.25, 0.3) is 0 Å². The number of hydrogen-bond acceptors (Lipinski definition) is 6. The van der Waals surface area contributed by atoms with Crippen molar-refractivity contribution in [3.63, 3.8) is 0 Å². The summed E-state index contributed by atoms with van der Waals surface area (Å²) in [4.78, 5) is 11.2. The molecule has 74 valence electrons. The van der Waals surface area contributed by atoms with Gasteiger partial charge in [-0.25, -0.2) is 0 Å². The van der Waals surface area contributed by atoms with E-state index in [4.69, 9.17) is 21.6 Å². The van der Waals surface area contributed by atoms with Crippen LogP contribution in [0.2, 0.25) is 0 Å². The van der Waals surface area contributed by atoms with E-state index in [1.807, 2.05) is 0 Å². The van der Waals surface area contributed by atoms with Crippen molar-refractivity contribution in [2.24, 2.45) is 0 Å². The topological polar surface area (TPSA) is 83.2 Å². The monoisotopic (exact) mass is 194 g/mol. The lowest BCUT2D eigenvalue weighted by molar-refractivity contribution is 0.249. The van der Waals surface area contributed by atoms with E-state index in [1.54, 1.807) is 6.92 Å². The highest BCUT2D eigenvalue weighted by Gasteiger charge is 2.07. The maximum absolute atomic E-state index is 5.38. The number of ether oxygens (including phenoxy) is 2. The Kier molecular flexibility index (Phi) is 3.07. The zero-order valence-corrected chi connectivity index (χ0v) is 7.89. The van der Waals surface area contributed by atoms with Crippen LogP contribution in [0, 0.1) is 12.3 Å². The second kappa shape index (κ2) is 4.28. The molecule has 0 saturated heterocycles. The first kappa shape index (κ1) is 10.1. The molecule has 14 heavy (non-hydrogen) atoms. The Balaban J connectivity index is 2.87. The third-order valence-corrected chi connectivity index (χ3v) is 1.31. The number of aromatic nitrogens is 3. The highest BCUT2D eigenvalue weighted by Crippen LogP contribution is 2.11. The molecule has 1 unspecified atom stereocenters. The summed E-state index contributed by atoms with van der Waals surface area (Å²) < 4.78 is 9.91. The summed E-state index contributed by atoms with van der Waals surface area (Å²) in [5.74, 6) is 2.39. The van der Waals surface area contributed by atoms with Crippen molar-refractivity contribution >= 4 is 5.95 Å². The molecule has 1 atom stereocenters. The second-order valence-electron chi connectivity index (χ2n) is 2.39. The van der Waals surface area contributed by atoms with Gasteiger partial charge in [-0.05, 0) is 6.92 Å². The van der Waals surface area contributed by atoms with Gasteiger partial charge in [-0.15, -0.1) is 11.4 Å². The number of terminal acetylenes is 1. The quantitative estimate of drug-likeness (QED) is 0.674. The van der Waals surface area contributed by atoms with Crippen molar-refractivity contribution in [2.45, 2.75) is 13.0 Å². The molecule has 0 amide bonds. The van der Waals surface area contributed by atoms with Crippen LogP contribution in [0.5, 0.6) is 12.0 Å². The average Bonchev–Trinajstić information content (AvgIpc) is 2.16. The summed E-state index contributed by atoms with van der Waals surface area (Å²) in [5.41, 5.74) is 5.38. The normalized spacial score (nSPS) is 11.5. The van der Waals surface area contributed by atoms with E-state index in [1.165, 1.54) is 7.11 Å². The van der Waals surface area contributed by atoms with Gasteiger partial charge in [0.15, 0.2) is 6.10 Å². The Morgan fingerprint density at radius 2 is 2.00 bits per heavy atom. The maximum atomic E-state index is 5.38. The summed E-state index contributed by atoms with van der Waals surface area (Å²) in [6.45, 7) is 1.69. The van der Waals surface area contributed by atoms with Gasteiger partial charge < -0.3 is 15.2 Å². The van der Waals surface area contributed by atoms with E-state index in [9.17, 15) is 0 Å².